The highest BCUT2D eigenvalue weighted by Gasteiger charge is 2.67. The topological polar surface area (TPSA) is 66.9 Å². The number of para-hydroxylation sites is 1. The number of nitrogens with zero attached hydrogens (tertiary/aromatic N) is 2. The molecule has 2 aromatic rings. The molecule has 7 rings (SSSR count). The van der Waals surface area contributed by atoms with Gasteiger partial charge in [-0.3, -0.25) is 14.4 Å². The SMILES string of the molecule is CC(=O)OC1(C(C)=O)CCC2C3C=C(C)C4=CC(=O)CCC4(C)C3CCC21C.CN(C)CCCN1c2ccccc2CCc2ccc(Cl)cc21.Cl. The van der Waals surface area contributed by atoms with Gasteiger partial charge in [0.05, 0.1) is 0 Å². The molecule has 2 saturated carbocycles. The van der Waals surface area contributed by atoms with Crippen LogP contribution in [0.15, 0.2) is 65.8 Å². The second-order valence-corrected chi connectivity index (χ2v) is 16.7. The molecule has 6 unspecified atom stereocenters. The van der Waals surface area contributed by atoms with E-state index in [1.165, 1.54) is 40.6 Å². The smallest absolute Gasteiger partial charge is 0.303 e. The fraction of sp³-hybridized carbons (Fsp3) is 0.558. The van der Waals surface area contributed by atoms with Crippen molar-refractivity contribution in [2.24, 2.45) is 28.6 Å². The molecule has 6 nitrogen and oxygen atoms in total. The molecule has 2 aromatic carbocycles. The normalized spacial score (nSPS) is 30.4. The fourth-order valence-electron chi connectivity index (χ4n) is 10.6. The number of anilines is 2. The van der Waals surface area contributed by atoms with E-state index in [2.05, 4.69) is 87.1 Å². The van der Waals surface area contributed by atoms with E-state index in [9.17, 15) is 14.4 Å². The second kappa shape index (κ2) is 15.2. The fourth-order valence-corrected chi connectivity index (χ4v) is 10.8. The van der Waals surface area contributed by atoms with Crippen molar-refractivity contribution in [3.63, 3.8) is 0 Å². The Morgan fingerprint density at radius 1 is 0.941 bits per heavy atom. The summed E-state index contributed by atoms with van der Waals surface area (Å²) >= 11 is 6.27. The summed E-state index contributed by atoms with van der Waals surface area (Å²) in [6.07, 6.45) is 12.5. The van der Waals surface area contributed by atoms with Gasteiger partial charge in [-0.1, -0.05) is 61.4 Å². The summed E-state index contributed by atoms with van der Waals surface area (Å²) in [5.74, 6) is 1.03. The molecule has 0 saturated heterocycles. The molecule has 2 fully saturated rings. The van der Waals surface area contributed by atoms with Gasteiger partial charge >= 0.3 is 5.97 Å². The zero-order chi connectivity index (χ0) is 36.0. The minimum absolute atomic E-state index is 0. The molecule has 276 valence electrons. The lowest BCUT2D eigenvalue weighted by Gasteiger charge is -2.58. The maximum absolute atomic E-state index is 12.8. The second-order valence-electron chi connectivity index (χ2n) is 16.3. The molecule has 6 atom stereocenters. The third-order valence-corrected chi connectivity index (χ3v) is 13.3. The lowest BCUT2D eigenvalue weighted by Crippen LogP contribution is -2.58. The monoisotopic (exact) mass is 734 g/mol. The van der Waals surface area contributed by atoms with Gasteiger partial charge in [-0.05, 0) is 150 Å². The number of esters is 1. The molecule has 0 aromatic heterocycles. The van der Waals surface area contributed by atoms with Crippen LogP contribution in [-0.2, 0) is 32.0 Å². The molecule has 0 N–H and O–H groups in total. The third kappa shape index (κ3) is 7.10. The Morgan fingerprint density at radius 2 is 1.63 bits per heavy atom. The molecular formula is C43H56Cl2N2O4. The molecule has 1 aliphatic heterocycles. The molecule has 0 amide bonds. The van der Waals surface area contributed by atoms with Crippen LogP contribution in [0.1, 0.15) is 90.7 Å². The van der Waals surface area contributed by atoms with Crippen molar-refractivity contribution < 1.29 is 19.1 Å². The van der Waals surface area contributed by atoms with Crippen molar-refractivity contribution in [1.82, 2.24) is 4.90 Å². The van der Waals surface area contributed by atoms with Gasteiger partial charge in [-0.15, -0.1) is 12.4 Å². The quantitative estimate of drug-likeness (QED) is 0.276. The Labute approximate surface area is 316 Å². The van der Waals surface area contributed by atoms with Crippen molar-refractivity contribution in [2.45, 2.75) is 98.0 Å². The summed E-state index contributed by atoms with van der Waals surface area (Å²) in [4.78, 5) is 41.4. The number of ketones is 2. The Balaban J connectivity index is 0.000000199. The summed E-state index contributed by atoms with van der Waals surface area (Å²) in [6.45, 7) is 11.7. The van der Waals surface area contributed by atoms with Gasteiger partial charge in [0.1, 0.15) is 0 Å². The van der Waals surface area contributed by atoms with Gasteiger partial charge in [0.15, 0.2) is 17.2 Å². The van der Waals surface area contributed by atoms with Gasteiger partial charge < -0.3 is 14.5 Å². The third-order valence-electron chi connectivity index (χ3n) is 13.1. The van der Waals surface area contributed by atoms with Crippen molar-refractivity contribution in [1.29, 1.82) is 0 Å². The molecule has 8 heteroatoms. The van der Waals surface area contributed by atoms with Crippen molar-refractivity contribution >= 4 is 52.9 Å². The van der Waals surface area contributed by atoms with Gasteiger partial charge in [0.2, 0.25) is 0 Å². The number of carbonyl (C=O) groups excluding carboxylic acids is 3. The standard InChI is InChI=1S/C24H32O4.C19H23ClN2.ClH/c1-14-12-18-19(22(4)9-6-17(27)13-21(14)22)7-10-23(5)20(18)8-11-24(23,15(2)25)28-16(3)26;1-21(2)12-5-13-22-18-7-4-3-6-15(18)8-9-16-10-11-17(20)14-19(16)22;/h12-13,18-20H,6-11H2,1-5H3;3-4,6-7,10-11,14H,5,8-9,12-13H2,1-2H3;1H. The van der Waals surface area contributed by atoms with E-state index >= 15 is 0 Å². The predicted octanol–water partition coefficient (Wildman–Crippen LogP) is 9.53. The first kappa shape index (κ1) is 39.3. The number of aryl methyl sites for hydroxylation is 2. The molecule has 1 heterocycles. The zero-order valence-electron chi connectivity index (χ0n) is 31.5. The van der Waals surface area contributed by atoms with E-state index in [1.54, 1.807) is 6.92 Å². The van der Waals surface area contributed by atoms with Crippen molar-refractivity contribution in [2.75, 3.05) is 32.1 Å². The number of carbonyl (C=O) groups is 3. The van der Waals surface area contributed by atoms with Crippen LogP contribution in [-0.4, -0.2) is 55.2 Å². The maximum atomic E-state index is 12.8. The Hall–Kier alpha value is -2.93. The summed E-state index contributed by atoms with van der Waals surface area (Å²) in [5, 5.41) is 0.816. The first-order valence-electron chi connectivity index (χ1n) is 18.6. The number of allylic oxidation sites excluding steroid dienone is 4. The molecule has 0 spiro atoms. The van der Waals surface area contributed by atoms with Crippen LogP contribution in [0, 0.1) is 28.6 Å². The Morgan fingerprint density at radius 3 is 2.31 bits per heavy atom. The minimum Gasteiger partial charge on any atom is -0.451 e. The zero-order valence-corrected chi connectivity index (χ0v) is 33.1. The van der Waals surface area contributed by atoms with Crippen molar-refractivity contribution in [3.8, 4) is 0 Å². The number of halogens is 2. The van der Waals surface area contributed by atoms with Crippen LogP contribution in [0.3, 0.4) is 0 Å². The van der Waals surface area contributed by atoms with Crippen LogP contribution in [0.5, 0.6) is 0 Å². The van der Waals surface area contributed by atoms with Crippen molar-refractivity contribution in [3.05, 3.63) is 81.9 Å². The maximum Gasteiger partial charge on any atom is 0.303 e. The first-order chi connectivity index (χ1) is 23.7. The molecular weight excluding hydrogens is 679 g/mol. The summed E-state index contributed by atoms with van der Waals surface area (Å²) in [5.41, 5.74) is 6.59. The molecule has 51 heavy (non-hydrogen) atoms. The largest absolute Gasteiger partial charge is 0.451 e. The highest BCUT2D eigenvalue weighted by Crippen LogP contribution is 2.67. The van der Waals surface area contributed by atoms with E-state index in [0.29, 0.717) is 30.6 Å². The van der Waals surface area contributed by atoms with E-state index in [0.717, 1.165) is 63.1 Å². The van der Waals surface area contributed by atoms with E-state index < -0.39 is 5.60 Å². The highest BCUT2D eigenvalue weighted by atomic mass is 35.5. The number of fused-ring (bicyclic) bond motifs is 7. The van der Waals surface area contributed by atoms with Gasteiger partial charge in [0.25, 0.3) is 0 Å². The predicted molar refractivity (Wildman–Crippen MR) is 209 cm³/mol. The van der Waals surface area contributed by atoms with Crippen LogP contribution < -0.4 is 4.90 Å². The number of hydrogen-bond acceptors (Lipinski definition) is 6. The number of benzene rings is 2. The number of Topliss-reactive ketones (excluding diaryl/α,β-unsaturated/α-hetero) is 1. The van der Waals surface area contributed by atoms with Gasteiger partial charge in [-0.25, -0.2) is 0 Å². The Bertz CT molecular complexity index is 1730. The van der Waals surface area contributed by atoms with Gasteiger partial charge in [-0.2, -0.15) is 0 Å². The van der Waals surface area contributed by atoms with E-state index in [4.69, 9.17) is 16.3 Å². The number of rotatable bonds is 6. The summed E-state index contributed by atoms with van der Waals surface area (Å²) in [6, 6.07) is 15.1. The minimum atomic E-state index is -0.990. The van der Waals surface area contributed by atoms with E-state index in [1.807, 2.05) is 12.1 Å². The number of ether oxygens (including phenoxy) is 1. The van der Waals surface area contributed by atoms with E-state index in [-0.39, 0.29) is 40.8 Å². The lowest BCUT2D eigenvalue weighted by atomic mass is 9.47. The number of hydrogen-bond donors (Lipinski definition) is 0. The molecule has 4 aliphatic carbocycles. The molecule has 0 bridgehead atoms. The molecule has 0 radical (unpaired) electrons. The average molecular weight is 736 g/mol. The summed E-state index contributed by atoms with van der Waals surface area (Å²) < 4.78 is 5.82. The highest BCUT2D eigenvalue weighted by molar-refractivity contribution is 6.30. The Kier molecular flexibility index (Phi) is 11.7. The van der Waals surface area contributed by atoms with Crippen LogP contribution in [0.2, 0.25) is 5.02 Å². The van der Waals surface area contributed by atoms with Gasteiger partial charge in [0, 0.05) is 41.7 Å². The first-order valence-corrected chi connectivity index (χ1v) is 19.0. The summed E-state index contributed by atoms with van der Waals surface area (Å²) in [7, 11) is 4.25. The average Bonchev–Trinajstić information content (AvgIpc) is 3.27. The molecule has 5 aliphatic rings. The lowest BCUT2D eigenvalue weighted by molar-refractivity contribution is -0.185. The van der Waals surface area contributed by atoms with Crippen LogP contribution in [0.4, 0.5) is 11.4 Å². The van der Waals surface area contributed by atoms with Crippen LogP contribution >= 0.6 is 24.0 Å². The van der Waals surface area contributed by atoms with Crippen LogP contribution in [0.25, 0.3) is 0 Å².